The molecule has 0 bridgehead atoms. The number of rotatable bonds is 1. The van der Waals surface area contributed by atoms with Gasteiger partial charge in [-0.15, -0.1) is 0 Å². The highest BCUT2D eigenvalue weighted by atomic mass is 32.2. The Morgan fingerprint density at radius 3 is 2.11 bits per heavy atom. The lowest BCUT2D eigenvalue weighted by molar-refractivity contribution is 0.471. The Labute approximate surface area is 57.9 Å². The monoisotopic (exact) mass is 148 g/mol. The fourth-order valence-electron chi connectivity index (χ4n) is 1.27. The van der Waals surface area contributed by atoms with Gasteiger partial charge in [0.15, 0.2) is 11.1 Å². The van der Waals surface area contributed by atoms with Crippen LogP contribution >= 0.6 is 0 Å². The van der Waals surface area contributed by atoms with Gasteiger partial charge in [-0.2, -0.15) is 0 Å². The lowest BCUT2D eigenvalue weighted by atomic mass is 10.0. The van der Waals surface area contributed by atoms with Crippen molar-refractivity contribution in [1.82, 2.24) is 0 Å². The largest absolute Gasteiger partial charge is 0.306 e. The third-order valence-corrected chi connectivity index (χ3v) is 2.88. The van der Waals surface area contributed by atoms with E-state index in [0.29, 0.717) is 0 Å². The summed E-state index contributed by atoms with van der Waals surface area (Å²) >= 11 is -1.55. The van der Waals surface area contributed by atoms with Gasteiger partial charge in [0.05, 0.1) is 5.25 Å². The summed E-state index contributed by atoms with van der Waals surface area (Å²) in [7, 11) is 0. The van der Waals surface area contributed by atoms with Crippen molar-refractivity contribution >= 4 is 11.1 Å². The van der Waals surface area contributed by atoms with Crippen molar-refractivity contribution < 1.29 is 8.76 Å². The van der Waals surface area contributed by atoms with Crippen molar-refractivity contribution in [3.05, 3.63) is 0 Å². The maximum Gasteiger partial charge on any atom is 0.155 e. The summed E-state index contributed by atoms with van der Waals surface area (Å²) in [5.74, 6) is 0. The van der Waals surface area contributed by atoms with E-state index < -0.39 is 11.1 Å². The molecule has 0 aromatic heterocycles. The first-order chi connectivity index (χ1) is 4.30. The van der Waals surface area contributed by atoms with Gasteiger partial charge < -0.3 is 4.55 Å². The predicted molar refractivity (Wildman–Crippen MR) is 37.6 cm³/mol. The molecule has 0 aromatic carbocycles. The molecule has 0 amide bonds. The van der Waals surface area contributed by atoms with Crippen LogP contribution in [0.4, 0.5) is 0 Å². The maximum absolute atomic E-state index is 10.5. The highest BCUT2D eigenvalue weighted by Gasteiger charge is 2.17. The van der Waals surface area contributed by atoms with Crippen molar-refractivity contribution in [3.63, 3.8) is 0 Å². The van der Waals surface area contributed by atoms with Crippen LogP contribution in [0.15, 0.2) is 0 Å². The molecular weight excluding hydrogens is 136 g/mol. The summed E-state index contributed by atoms with van der Waals surface area (Å²) in [6.07, 6.45) is 5.41. The van der Waals surface area contributed by atoms with Gasteiger partial charge >= 0.3 is 0 Å². The molecule has 0 radical (unpaired) electrons. The smallest absolute Gasteiger partial charge is 0.155 e. The van der Waals surface area contributed by atoms with Gasteiger partial charge in [0.2, 0.25) is 0 Å². The lowest BCUT2D eigenvalue weighted by Crippen LogP contribution is -2.17. The minimum absolute atomic E-state index is 0.0822. The van der Waals surface area contributed by atoms with E-state index in [4.69, 9.17) is 4.55 Å². The van der Waals surface area contributed by atoms with Crippen LogP contribution in [0.3, 0.4) is 0 Å². The van der Waals surface area contributed by atoms with Crippen LogP contribution in [0.1, 0.15) is 32.1 Å². The average molecular weight is 148 g/mol. The average Bonchev–Trinajstić information content (AvgIpc) is 1.90. The Balaban J connectivity index is 2.31. The Bertz CT molecular complexity index is 108. The van der Waals surface area contributed by atoms with Gasteiger partial charge in [0.1, 0.15) is 0 Å². The van der Waals surface area contributed by atoms with E-state index in [1.165, 1.54) is 6.42 Å². The first kappa shape index (κ1) is 7.22. The molecule has 54 valence electrons. The molecule has 3 heteroatoms. The number of hydrogen-bond acceptors (Lipinski definition) is 1. The van der Waals surface area contributed by atoms with Crippen molar-refractivity contribution in [1.29, 1.82) is 0 Å². The van der Waals surface area contributed by atoms with Crippen LogP contribution in [0.5, 0.6) is 0 Å². The van der Waals surface area contributed by atoms with Crippen LogP contribution in [0.2, 0.25) is 0 Å². The molecule has 0 saturated heterocycles. The van der Waals surface area contributed by atoms with Gasteiger partial charge in [-0.05, 0) is 12.8 Å². The van der Waals surface area contributed by atoms with Crippen LogP contribution in [0, 0.1) is 0 Å². The Morgan fingerprint density at radius 2 is 1.78 bits per heavy atom. The second kappa shape index (κ2) is 3.32. The van der Waals surface area contributed by atoms with E-state index in [1.54, 1.807) is 0 Å². The van der Waals surface area contributed by atoms with Crippen molar-refractivity contribution in [2.24, 2.45) is 0 Å². The zero-order valence-electron chi connectivity index (χ0n) is 5.38. The molecule has 0 aromatic rings. The first-order valence-electron chi connectivity index (χ1n) is 3.40. The van der Waals surface area contributed by atoms with Crippen molar-refractivity contribution in [2.45, 2.75) is 37.4 Å². The van der Waals surface area contributed by atoms with E-state index in [9.17, 15) is 4.21 Å². The molecule has 1 fully saturated rings. The molecule has 1 N–H and O–H groups in total. The summed E-state index contributed by atoms with van der Waals surface area (Å²) < 4.78 is 19.1. The first-order valence-corrected chi connectivity index (χ1v) is 4.57. The molecular formula is C6H12O2S. The fourth-order valence-corrected chi connectivity index (χ4v) is 2.00. The molecule has 1 rings (SSSR count). The molecule has 0 aliphatic heterocycles. The summed E-state index contributed by atoms with van der Waals surface area (Å²) in [6.45, 7) is 0. The van der Waals surface area contributed by atoms with Crippen LogP contribution < -0.4 is 0 Å². The van der Waals surface area contributed by atoms with Crippen molar-refractivity contribution in [3.8, 4) is 0 Å². The zero-order chi connectivity index (χ0) is 6.69. The summed E-state index contributed by atoms with van der Waals surface area (Å²) in [4.78, 5) is 0. The van der Waals surface area contributed by atoms with Crippen LogP contribution in [-0.4, -0.2) is 14.0 Å². The molecule has 2 nitrogen and oxygen atoms in total. The molecule has 9 heavy (non-hydrogen) atoms. The molecule has 0 heterocycles. The lowest BCUT2D eigenvalue weighted by Gasteiger charge is -2.16. The zero-order valence-corrected chi connectivity index (χ0v) is 6.19. The third kappa shape index (κ3) is 2.06. The van der Waals surface area contributed by atoms with Gasteiger partial charge in [0, 0.05) is 0 Å². The highest BCUT2D eigenvalue weighted by molar-refractivity contribution is 7.79. The van der Waals surface area contributed by atoms with E-state index in [2.05, 4.69) is 0 Å². The van der Waals surface area contributed by atoms with E-state index >= 15 is 0 Å². The normalized spacial score (nSPS) is 25.9. The SMILES string of the molecule is O=S(O)C1CCCCC1. The van der Waals surface area contributed by atoms with Crippen LogP contribution in [-0.2, 0) is 11.1 Å². The van der Waals surface area contributed by atoms with Crippen molar-refractivity contribution in [2.75, 3.05) is 0 Å². The molecule has 0 spiro atoms. The summed E-state index contributed by atoms with van der Waals surface area (Å²) in [5.41, 5.74) is 0. The predicted octanol–water partition coefficient (Wildman–Crippen LogP) is 1.54. The second-order valence-corrected chi connectivity index (χ2v) is 3.76. The van der Waals surface area contributed by atoms with E-state index in [-0.39, 0.29) is 5.25 Å². The Morgan fingerprint density at radius 1 is 1.22 bits per heavy atom. The minimum Gasteiger partial charge on any atom is -0.306 e. The summed E-state index contributed by atoms with van der Waals surface area (Å²) in [6, 6.07) is 0. The van der Waals surface area contributed by atoms with Gasteiger partial charge in [-0.25, -0.2) is 4.21 Å². The fraction of sp³-hybridized carbons (Fsp3) is 1.00. The van der Waals surface area contributed by atoms with Gasteiger partial charge in [0.25, 0.3) is 0 Å². The third-order valence-electron chi connectivity index (χ3n) is 1.84. The molecule has 1 saturated carbocycles. The molecule has 1 aliphatic carbocycles. The highest BCUT2D eigenvalue weighted by Crippen LogP contribution is 2.20. The number of hydrogen-bond donors (Lipinski definition) is 1. The standard InChI is InChI=1S/C6H12O2S/c7-9(8)6-4-2-1-3-5-6/h6H,1-5H2,(H,7,8). The quantitative estimate of drug-likeness (QED) is 0.573. The van der Waals surface area contributed by atoms with Gasteiger partial charge in [-0.1, -0.05) is 19.3 Å². The Hall–Kier alpha value is 0.110. The molecule has 1 atom stereocenters. The minimum atomic E-state index is -1.55. The maximum atomic E-state index is 10.5. The van der Waals surface area contributed by atoms with Crippen LogP contribution in [0.25, 0.3) is 0 Å². The van der Waals surface area contributed by atoms with Gasteiger partial charge in [-0.3, -0.25) is 0 Å². The topological polar surface area (TPSA) is 37.3 Å². The second-order valence-electron chi connectivity index (χ2n) is 2.54. The molecule has 1 unspecified atom stereocenters. The molecule has 1 aliphatic rings. The van der Waals surface area contributed by atoms with E-state index in [0.717, 1.165) is 25.7 Å². The van der Waals surface area contributed by atoms with E-state index in [1.807, 2.05) is 0 Å². The Kier molecular flexibility index (Phi) is 2.66. The summed E-state index contributed by atoms with van der Waals surface area (Å²) in [5, 5.41) is 0.0822.